The molecule has 1 N–H and O–H groups in total. The van der Waals surface area contributed by atoms with E-state index in [1.807, 2.05) is 18.2 Å². The molecular weight excluding hydrogens is 579 g/mol. The van der Waals surface area contributed by atoms with Crippen molar-refractivity contribution in [2.45, 2.75) is 90.0 Å². The molecule has 0 spiro atoms. The van der Waals surface area contributed by atoms with Crippen molar-refractivity contribution in [1.82, 2.24) is 20.0 Å². The molecule has 232 valence electrons. The zero-order valence-electron chi connectivity index (χ0n) is 25.5. The molecule has 0 saturated carbocycles. The van der Waals surface area contributed by atoms with Crippen molar-refractivity contribution in [2.24, 2.45) is 5.41 Å². The Bertz CT molecular complexity index is 1550. The van der Waals surface area contributed by atoms with Crippen LogP contribution in [0.25, 0.3) is 5.57 Å². The van der Waals surface area contributed by atoms with Crippen LogP contribution in [0.3, 0.4) is 0 Å². The molecule has 2 aromatic carbocycles. The van der Waals surface area contributed by atoms with E-state index in [1.165, 1.54) is 34.9 Å². The first-order valence-electron chi connectivity index (χ1n) is 16.0. The van der Waals surface area contributed by atoms with Gasteiger partial charge in [-0.3, -0.25) is 29.5 Å². The molecule has 44 heavy (non-hydrogen) atoms. The Morgan fingerprint density at radius 2 is 1.66 bits per heavy atom. The van der Waals surface area contributed by atoms with Gasteiger partial charge in [0.2, 0.25) is 11.8 Å². The lowest BCUT2D eigenvalue weighted by Gasteiger charge is -2.52. The summed E-state index contributed by atoms with van der Waals surface area (Å²) >= 11 is 6.21. The Kier molecular flexibility index (Phi) is 7.66. The Hall–Kier alpha value is -3.07. The lowest BCUT2D eigenvalue weighted by molar-refractivity contribution is -0.136. The maximum absolute atomic E-state index is 15.4. The molecule has 2 bridgehead atoms. The van der Waals surface area contributed by atoms with Crippen molar-refractivity contribution in [2.75, 3.05) is 19.6 Å². The van der Waals surface area contributed by atoms with Crippen LogP contribution in [0, 0.1) is 11.2 Å². The molecule has 1 aliphatic carbocycles. The molecule has 0 aromatic heterocycles. The zero-order valence-corrected chi connectivity index (χ0v) is 26.3. The van der Waals surface area contributed by atoms with Crippen LogP contribution in [-0.2, 0) is 22.7 Å². The summed E-state index contributed by atoms with van der Waals surface area (Å²) < 4.78 is 15.4. The number of allylic oxidation sites excluding steroid dienone is 1. The summed E-state index contributed by atoms with van der Waals surface area (Å²) in [6.07, 6.45) is 6.13. The summed E-state index contributed by atoms with van der Waals surface area (Å²) in [4.78, 5) is 43.7. The van der Waals surface area contributed by atoms with Crippen molar-refractivity contribution in [3.63, 3.8) is 0 Å². The van der Waals surface area contributed by atoms with Gasteiger partial charge < -0.3 is 4.90 Å². The van der Waals surface area contributed by atoms with Gasteiger partial charge in [0.15, 0.2) is 0 Å². The molecular formula is C35H40ClFN4O3. The fraction of sp³-hybridized carbons (Fsp3) is 0.514. The second-order valence-corrected chi connectivity index (χ2v) is 14.6. The number of hydrogen-bond donors (Lipinski definition) is 1. The van der Waals surface area contributed by atoms with E-state index in [1.54, 1.807) is 5.57 Å². The first kappa shape index (κ1) is 29.6. The van der Waals surface area contributed by atoms with Crippen LogP contribution in [0.1, 0.15) is 85.8 Å². The van der Waals surface area contributed by atoms with Gasteiger partial charge in [-0.05, 0) is 84.4 Å². The molecule has 3 unspecified atom stereocenters. The van der Waals surface area contributed by atoms with E-state index in [4.69, 9.17) is 11.6 Å². The van der Waals surface area contributed by atoms with Gasteiger partial charge in [0.25, 0.3) is 5.91 Å². The third-order valence-corrected chi connectivity index (χ3v) is 10.8. The van der Waals surface area contributed by atoms with Gasteiger partial charge in [-0.2, -0.15) is 0 Å². The fourth-order valence-electron chi connectivity index (χ4n) is 8.15. The minimum absolute atomic E-state index is 0.0604. The third-order valence-electron chi connectivity index (χ3n) is 10.5. The Morgan fingerprint density at radius 1 is 0.955 bits per heavy atom. The van der Waals surface area contributed by atoms with E-state index in [-0.39, 0.29) is 36.3 Å². The number of nitrogens with zero attached hydrogens (tertiary/aromatic N) is 3. The molecule has 8 rings (SSSR count). The summed E-state index contributed by atoms with van der Waals surface area (Å²) in [6, 6.07) is 11.9. The van der Waals surface area contributed by atoms with Crippen molar-refractivity contribution in [1.29, 1.82) is 0 Å². The molecule has 9 heteroatoms. The number of amides is 3. The first-order valence-corrected chi connectivity index (χ1v) is 16.3. The zero-order chi connectivity index (χ0) is 30.7. The lowest BCUT2D eigenvalue weighted by Crippen LogP contribution is -2.62. The number of piperazine rings is 1. The third kappa shape index (κ3) is 5.61. The summed E-state index contributed by atoms with van der Waals surface area (Å²) in [5, 5.41) is 3.08. The smallest absolute Gasteiger partial charge is 0.258 e. The molecule has 6 aliphatic rings. The number of halogens is 2. The summed E-state index contributed by atoms with van der Waals surface area (Å²) in [7, 11) is 0. The molecule has 5 aliphatic heterocycles. The number of piperidine rings is 3. The Morgan fingerprint density at radius 3 is 2.34 bits per heavy atom. The quantitative estimate of drug-likeness (QED) is 0.430. The predicted octanol–water partition coefficient (Wildman–Crippen LogP) is 5.55. The van der Waals surface area contributed by atoms with E-state index in [0.29, 0.717) is 24.2 Å². The molecule has 4 saturated heterocycles. The van der Waals surface area contributed by atoms with E-state index >= 15 is 4.39 Å². The van der Waals surface area contributed by atoms with Gasteiger partial charge in [-0.25, -0.2) is 4.39 Å². The van der Waals surface area contributed by atoms with Crippen LogP contribution >= 0.6 is 11.6 Å². The highest BCUT2D eigenvalue weighted by atomic mass is 35.5. The average Bonchev–Trinajstić information content (AvgIpc) is 3.31. The SMILES string of the molecule is CC1(C)CCC(CN2CC3CCC2CN3Cc2cc(F)c3c(c2)CN(C2CCC(=O)NC2=O)C3=O)=C(c2ccc(Cl)cc2)C1. The van der Waals surface area contributed by atoms with E-state index < -0.39 is 23.7 Å². The highest BCUT2D eigenvalue weighted by molar-refractivity contribution is 6.30. The highest BCUT2D eigenvalue weighted by Crippen LogP contribution is 2.44. The number of carbonyl (C=O) groups is 3. The minimum atomic E-state index is -0.746. The molecule has 7 nitrogen and oxygen atoms in total. The van der Waals surface area contributed by atoms with Gasteiger partial charge in [0.1, 0.15) is 11.9 Å². The van der Waals surface area contributed by atoms with Crippen LogP contribution in [0.2, 0.25) is 5.02 Å². The van der Waals surface area contributed by atoms with Crippen LogP contribution in [-0.4, -0.2) is 70.2 Å². The number of carbonyl (C=O) groups excluding carboxylic acids is 3. The maximum atomic E-state index is 15.4. The molecule has 0 radical (unpaired) electrons. The lowest BCUT2D eigenvalue weighted by atomic mass is 9.72. The van der Waals surface area contributed by atoms with Gasteiger partial charge in [-0.15, -0.1) is 0 Å². The fourth-order valence-corrected chi connectivity index (χ4v) is 8.27. The van der Waals surface area contributed by atoms with Crippen molar-refractivity contribution in [3.05, 3.63) is 75.1 Å². The van der Waals surface area contributed by atoms with Crippen LogP contribution in [0.4, 0.5) is 4.39 Å². The van der Waals surface area contributed by atoms with Crippen molar-refractivity contribution >= 4 is 34.9 Å². The number of rotatable bonds is 6. The second kappa shape index (κ2) is 11.4. The number of imide groups is 1. The number of fused-ring (bicyclic) bond motifs is 4. The normalized spacial score (nSPS) is 27.2. The van der Waals surface area contributed by atoms with Crippen molar-refractivity contribution < 1.29 is 18.8 Å². The highest BCUT2D eigenvalue weighted by Gasteiger charge is 2.42. The van der Waals surface area contributed by atoms with Gasteiger partial charge in [0, 0.05) is 56.3 Å². The standard InChI is InChI=1S/C35H40ClFN4O3/c1-35(2)12-11-23(28(15-35)22-3-5-25(36)6-4-22)17-40-20-26-7-8-27(40)19-39(26)16-21-13-24-18-41(34(44)32(24)29(37)14-21)30-9-10-31(42)38-33(30)43/h3-6,13-14,26-27,30H,7-12,15-20H2,1-2H3,(H,38,42,43). The van der Waals surface area contributed by atoms with Gasteiger partial charge >= 0.3 is 0 Å². The van der Waals surface area contributed by atoms with Crippen LogP contribution in [0.15, 0.2) is 42.0 Å². The predicted molar refractivity (Wildman–Crippen MR) is 167 cm³/mol. The van der Waals surface area contributed by atoms with E-state index in [0.717, 1.165) is 49.5 Å². The van der Waals surface area contributed by atoms with E-state index in [9.17, 15) is 14.4 Å². The molecule has 3 atom stereocenters. The monoisotopic (exact) mass is 618 g/mol. The second-order valence-electron chi connectivity index (χ2n) is 14.2. The summed E-state index contributed by atoms with van der Waals surface area (Å²) in [5.74, 6) is -1.81. The largest absolute Gasteiger partial charge is 0.322 e. The minimum Gasteiger partial charge on any atom is -0.322 e. The summed E-state index contributed by atoms with van der Waals surface area (Å²) in [5.41, 5.74) is 6.15. The molecule has 4 fully saturated rings. The van der Waals surface area contributed by atoms with Gasteiger partial charge in [0.05, 0.1) is 5.56 Å². The summed E-state index contributed by atoms with van der Waals surface area (Å²) in [6.45, 7) is 8.50. The number of benzene rings is 2. The Balaban J connectivity index is 1.05. The molecule has 3 amide bonds. The number of hydrogen-bond acceptors (Lipinski definition) is 5. The molecule has 2 aromatic rings. The number of nitrogens with one attached hydrogen (secondary N) is 1. The van der Waals surface area contributed by atoms with Crippen LogP contribution < -0.4 is 5.32 Å². The van der Waals surface area contributed by atoms with E-state index in [2.05, 4.69) is 41.1 Å². The first-order chi connectivity index (χ1) is 21.0. The maximum Gasteiger partial charge on any atom is 0.258 e. The van der Waals surface area contributed by atoms with Gasteiger partial charge in [-0.1, -0.05) is 49.2 Å². The molecule has 5 heterocycles. The Labute approximate surface area is 263 Å². The average molecular weight is 619 g/mol. The van der Waals surface area contributed by atoms with Crippen molar-refractivity contribution in [3.8, 4) is 0 Å². The van der Waals surface area contributed by atoms with Crippen LogP contribution in [0.5, 0.6) is 0 Å². The topological polar surface area (TPSA) is 73.0 Å².